The van der Waals surface area contributed by atoms with Crippen molar-refractivity contribution in [2.24, 2.45) is 0 Å². The van der Waals surface area contributed by atoms with Gasteiger partial charge in [-0.05, 0) is 56.2 Å². The summed E-state index contributed by atoms with van der Waals surface area (Å²) in [7, 11) is -4.20. The second-order valence-corrected chi connectivity index (χ2v) is 11.5. The Morgan fingerprint density at radius 3 is 2.33 bits per heavy atom. The van der Waals surface area contributed by atoms with Crippen LogP contribution in [0.5, 0.6) is 0 Å². The summed E-state index contributed by atoms with van der Waals surface area (Å²) in [5, 5.41) is 3.13. The molecular weight excluding hydrogens is 541 g/mol. The fourth-order valence-corrected chi connectivity index (χ4v) is 5.52. The minimum atomic E-state index is -4.20. The molecular formula is C29H33ClFN3O4S. The number of carbonyl (C=O) groups is 2. The number of anilines is 1. The molecule has 0 radical (unpaired) electrons. The van der Waals surface area contributed by atoms with E-state index in [1.165, 1.54) is 41.3 Å². The Balaban J connectivity index is 2.02. The minimum Gasteiger partial charge on any atom is -0.354 e. The van der Waals surface area contributed by atoms with Crippen LogP contribution in [0.15, 0.2) is 77.7 Å². The van der Waals surface area contributed by atoms with E-state index in [9.17, 15) is 22.4 Å². The van der Waals surface area contributed by atoms with E-state index in [2.05, 4.69) is 5.32 Å². The lowest BCUT2D eigenvalue weighted by Crippen LogP contribution is -2.51. The molecule has 0 saturated carbocycles. The monoisotopic (exact) mass is 573 g/mol. The van der Waals surface area contributed by atoms with Gasteiger partial charge in [-0.15, -0.1) is 0 Å². The molecule has 0 heterocycles. The zero-order chi connectivity index (χ0) is 28.6. The van der Waals surface area contributed by atoms with E-state index in [0.717, 1.165) is 22.7 Å². The van der Waals surface area contributed by atoms with Gasteiger partial charge in [-0.25, -0.2) is 12.8 Å². The SMILES string of the molecule is CCCCNC(=O)[C@H](C)N(Cc1ccccc1F)C(=O)CN(c1ccc(C)c(Cl)c1)S(=O)(=O)c1ccccc1. The van der Waals surface area contributed by atoms with E-state index in [4.69, 9.17) is 11.6 Å². The van der Waals surface area contributed by atoms with Gasteiger partial charge in [0.15, 0.2) is 0 Å². The number of carbonyl (C=O) groups excluding carboxylic acids is 2. The Morgan fingerprint density at radius 1 is 1.03 bits per heavy atom. The number of sulfonamides is 1. The van der Waals surface area contributed by atoms with Crippen LogP contribution in [-0.2, 0) is 26.2 Å². The maximum Gasteiger partial charge on any atom is 0.264 e. The van der Waals surface area contributed by atoms with Gasteiger partial charge in [-0.1, -0.05) is 67.4 Å². The minimum absolute atomic E-state index is 0.0134. The molecule has 0 aromatic heterocycles. The highest BCUT2D eigenvalue weighted by molar-refractivity contribution is 7.92. The van der Waals surface area contributed by atoms with Gasteiger partial charge in [0, 0.05) is 23.7 Å². The van der Waals surface area contributed by atoms with Crippen LogP contribution in [0, 0.1) is 12.7 Å². The molecule has 10 heteroatoms. The molecule has 0 fully saturated rings. The predicted molar refractivity (Wildman–Crippen MR) is 151 cm³/mol. The number of amides is 2. The summed E-state index contributed by atoms with van der Waals surface area (Å²) in [6.07, 6.45) is 1.63. The summed E-state index contributed by atoms with van der Waals surface area (Å²) >= 11 is 6.32. The fourth-order valence-electron chi connectivity index (χ4n) is 3.91. The van der Waals surface area contributed by atoms with E-state index < -0.39 is 40.2 Å². The van der Waals surface area contributed by atoms with Gasteiger partial charge in [0.05, 0.1) is 10.6 Å². The van der Waals surface area contributed by atoms with Crippen LogP contribution in [0.25, 0.3) is 0 Å². The third-order valence-electron chi connectivity index (χ3n) is 6.35. The number of nitrogens with zero attached hydrogens (tertiary/aromatic N) is 2. The van der Waals surface area contributed by atoms with Crippen LogP contribution in [0.3, 0.4) is 0 Å². The van der Waals surface area contributed by atoms with E-state index >= 15 is 0 Å². The summed E-state index contributed by atoms with van der Waals surface area (Å²) in [4.78, 5) is 28.0. The van der Waals surface area contributed by atoms with Crippen molar-refractivity contribution in [3.05, 3.63) is 94.8 Å². The Labute approximate surface area is 234 Å². The molecule has 3 aromatic carbocycles. The standard InChI is InChI=1S/C29H33ClFN3O4S/c1-4-5-17-32-29(36)22(3)33(19-23-11-9-10-14-27(23)31)28(35)20-34(24-16-15-21(2)26(30)18-24)39(37,38)25-12-7-6-8-13-25/h6-16,18,22H,4-5,17,19-20H2,1-3H3,(H,32,36)/t22-/m0/s1. The molecule has 3 aromatic rings. The average molecular weight is 574 g/mol. The van der Waals surface area contributed by atoms with Crippen LogP contribution < -0.4 is 9.62 Å². The van der Waals surface area contributed by atoms with Gasteiger partial charge >= 0.3 is 0 Å². The van der Waals surface area contributed by atoms with Crippen molar-refractivity contribution >= 4 is 39.1 Å². The number of hydrogen-bond donors (Lipinski definition) is 1. The lowest BCUT2D eigenvalue weighted by Gasteiger charge is -2.32. The fraction of sp³-hybridized carbons (Fsp3) is 0.310. The van der Waals surface area contributed by atoms with Gasteiger partial charge in [-0.2, -0.15) is 0 Å². The zero-order valence-electron chi connectivity index (χ0n) is 22.2. The first-order valence-electron chi connectivity index (χ1n) is 12.7. The molecule has 0 aliphatic rings. The Bertz CT molecular complexity index is 1400. The number of hydrogen-bond acceptors (Lipinski definition) is 4. The smallest absolute Gasteiger partial charge is 0.264 e. The van der Waals surface area contributed by atoms with E-state index in [1.54, 1.807) is 50.2 Å². The first kappa shape index (κ1) is 30.1. The molecule has 0 saturated heterocycles. The highest BCUT2D eigenvalue weighted by Gasteiger charge is 2.33. The van der Waals surface area contributed by atoms with Crippen molar-refractivity contribution < 1.29 is 22.4 Å². The first-order valence-corrected chi connectivity index (χ1v) is 14.5. The third kappa shape index (κ3) is 7.58. The molecule has 2 amide bonds. The Morgan fingerprint density at radius 2 is 1.69 bits per heavy atom. The second-order valence-electron chi connectivity index (χ2n) is 9.19. The molecule has 1 N–H and O–H groups in total. The number of rotatable bonds is 12. The van der Waals surface area contributed by atoms with Crippen molar-refractivity contribution in [1.82, 2.24) is 10.2 Å². The molecule has 0 unspecified atom stereocenters. The molecule has 1 atom stereocenters. The van der Waals surface area contributed by atoms with Gasteiger partial charge in [0.1, 0.15) is 18.4 Å². The van der Waals surface area contributed by atoms with E-state index in [1.807, 2.05) is 6.92 Å². The van der Waals surface area contributed by atoms with Crippen molar-refractivity contribution in [3.63, 3.8) is 0 Å². The molecule has 0 spiro atoms. The van der Waals surface area contributed by atoms with Crippen molar-refractivity contribution in [2.75, 3.05) is 17.4 Å². The van der Waals surface area contributed by atoms with Gasteiger partial charge < -0.3 is 10.2 Å². The highest BCUT2D eigenvalue weighted by Crippen LogP contribution is 2.28. The summed E-state index contributed by atoms with van der Waals surface area (Å²) < 4.78 is 43.1. The summed E-state index contributed by atoms with van der Waals surface area (Å²) in [5.74, 6) is -1.62. The lowest BCUT2D eigenvalue weighted by atomic mass is 10.1. The maximum atomic E-state index is 14.6. The molecule has 0 bridgehead atoms. The second kappa shape index (κ2) is 13.6. The van der Waals surface area contributed by atoms with Crippen molar-refractivity contribution in [1.29, 1.82) is 0 Å². The van der Waals surface area contributed by atoms with Crippen LogP contribution in [0.4, 0.5) is 10.1 Å². The largest absolute Gasteiger partial charge is 0.354 e. The van der Waals surface area contributed by atoms with Crippen molar-refractivity contribution in [3.8, 4) is 0 Å². The summed E-state index contributed by atoms with van der Waals surface area (Å²) in [6, 6.07) is 17.4. The Kier molecular flexibility index (Phi) is 10.5. The van der Waals surface area contributed by atoms with E-state index in [0.29, 0.717) is 11.6 Å². The van der Waals surface area contributed by atoms with Crippen molar-refractivity contribution in [2.45, 2.75) is 51.1 Å². The molecule has 0 aliphatic carbocycles. The summed E-state index contributed by atoms with van der Waals surface area (Å²) in [5.41, 5.74) is 1.13. The van der Waals surface area contributed by atoms with Gasteiger partial charge in [-0.3, -0.25) is 13.9 Å². The maximum absolute atomic E-state index is 14.6. The topological polar surface area (TPSA) is 86.8 Å². The first-order chi connectivity index (χ1) is 18.6. The van der Waals surface area contributed by atoms with Crippen LogP contribution in [0.1, 0.15) is 37.8 Å². The zero-order valence-corrected chi connectivity index (χ0v) is 23.8. The van der Waals surface area contributed by atoms with E-state index in [-0.39, 0.29) is 22.7 Å². The lowest BCUT2D eigenvalue weighted by molar-refractivity contribution is -0.139. The average Bonchev–Trinajstić information content (AvgIpc) is 2.92. The highest BCUT2D eigenvalue weighted by atomic mass is 35.5. The number of nitrogens with one attached hydrogen (secondary N) is 1. The molecule has 7 nitrogen and oxygen atoms in total. The molecule has 208 valence electrons. The summed E-state index contributed by atoms with van der Waals surface area (Å²) in [6.45, 7) is 4.89. The van der Waals surface area contributed by atoms with Gasteiger partial charge in [0.25, 0.3) is 10.0 Å². The quantitative estimate of drug-likeness (QED) is 0.297. The normalized spacial score (nSPS) is 12.0. The number of aryl methyl sites for hydroxylation is 1. The number of halogens is 2. The Hall–Kier alpha value is -3.43. The molecule has 39 heavy (non-hydrogen) atoms. The van der Waals surface area contributed by atoms with Gasteiger partial charge in [0.2, 0.25) is 11.8 Å². The predicted octanol–water partition coefficient (Wildman–Crippen LogP) is 5.32. The van der Waals surface area contributed by atoms with Crippen LogP contribution >= 0.6 is 11.6 Å². The van der Waals surface area contributed by atoms with Crippen LogP contribution in [0.2, 0.25) is 5.02 Å². The number of benzene rings is 3. The molecule has 0 aliphatic heterocycles. The third-order valence-corrected chi connectivity index (χ3v) is 8.54. The molecule has 3 rings (SSSR count). The number of unbranched alkanes of at least 4 members (excludes halogenated alkanes) is 1. The van der Waals surface area contributed by atoms with Crippen LogP contribution in [-0.4, -0.2) is 44.3 Å².